The van der Waals surface area contributed by atoms with Crippen molar-refractivity contribution < 1.29 is 24.2 Å². The molecule has 1 aliphatic heterocycles. The Labute approximate surface area is 180 Å². The summed E-state index contributed by atoms with van der Waals surface area (Å²) in [5.74, 6) is -1.17. The predicted octanol–water partition coefficient (Wildman–Crippen LogP) is 4.39. The van der Waals surface area contributed by atoms with Crippen LogP contribution in [-0.2, 0) is 19.1 Å². The Balaban J connectivity index is 2.36. The third kappa shape index (κ3) is 3.41. The summed E-state index contributed by atoms with van der Waals surface area (Å²) in [5, 5.41) is 10.4. The van der Waals surface area contributed by atoms with Crippen LogP contribution in [0.25, 0.3) is 5.57 Å². The molecule has 7 heteroatoms. The smallest absolute Gasteiger partial charge is 0.366 e. The molecule has 1 unspecified atom stereocenters. The van der Waals surface area contributed by atoms with Gasteiger partial charge in [0.2, 0.25) is 12.3 Å². The Morgan fingerprint density at radius 3 is 2.50 bits per heavy atom. The summed E-state index contributed by atoms with van der Waals surface area (Å²) in [4.78, 5) is 26.6. The van der Waals surface area contributed by atoms with Gasteiger partial charge in [-0.1, -0.05) is 48.0 Å². The molecule has 0 saturated heterocycles. The number of amides is 1. The summed E-state index contributed by atoms with van der Waals surface area (Å²) < 4.78 is 10.7. The number of carbonyl (C=O) groups is 2. The molecule has 2 aromatic rings. The number of hydrogen-bond acceptors (Lipinski definition) is 4. The second kappa shape index (κ2) is 8.22. The number of aliphatic carboxylic acids is 1. The molecule has 0 aliphatic carbocycles. The number of halogens is 1. The SMILES string of the molecule is COCC1=C(c2ccccc2)C(=O)[N+](c2cc(C)ccc2Cl)(C(C)(C)C(=O)O)CO1. The van der Waals surface area contributed by atoms with Gasteiger partial charge < -0.3 is 14.6 Å². The molecule has 0 aromatic heterocycles. The maximum Gasteiger partial charge on any atom is 0.366 e. The number of aryl methyl sites for hydroxylation is 1. The van der Waals surface area contributed by atoms with Crippen molar-refractivity contribution >= 4 is 34.7 Å². The zero-order valence-corrected chi connectivity index (χ0v) is 18.2. The van der Waals surface area contributed by atoms with Gasteiger partial charge >= 0.3 is 11.9 Å². The van der Waals surface area contributed by atoms with Crippen molar-refractivity contribution in [3.63, 3.8) is 0 Å². The van der Waals surface area contributed by atoms with Gasteiger partial charge in [-0.3, -0.25) is 0 Å². The van der Waals surface area contributed by atoms with Crippen LogP contribution in [0.1, 0.15) is 25.0 Å². The summed E-state index contributed by atoms with van der Waals surface area (Å²) in [6.45, 7) is 4.77. The zero-order chi connectivity index (χ0) is 22.1. The molecule has 0 saturated carbocycles. The number of nitrogens with zero attached hydrogens (tertiary/aromatic N) is 1. The van der Waals surface area contributed by atoms with E-state index in [-0.39, 0.29) is 18.9 Å². The first-order valence-corrected chi connectivity index (χ1v) is 9.88. The van der Waals surface area contributed by atoms with Crippen molar-refractivity contribution in [2.45, 2.75) is 26.3 Å². The van der Waals surface area contributed by atoms with E-state index in [2.05, 4.69) is 0 Å². The van der Waals surface area contributed by atoms with E-state index < -0.39 is 21.9 Å². The molecular formula is C23H25ClNO5+. The minimum Gasteiger partial charge on any atom is -0.477 e. The van der Waals surface area contributed by atoms with Crippen LogP contribution in [0.15, 0.2) is 54.3 Å². The zero-order valence-electron chi connectivity index (χ0n) is 17.4. The molecule has 2 aromatic carbocycles. The lowest BCUT2D eigenvalue weighted by molar-refractivity contribution is -0.159. The summed E-state index contributed by atoms with van der Waals surface area (Å²) in [6, 6.07) is 14.3. The van der Waals surface area contributed by atoms with E-state index >= 15 is 0 Å². The van der Waals surface area contributed by atoms with Gasteiger partial charge in [-0.25, -0.2) is 9.59 Å². The number of ether oxygens (including phenoxy) is 2. The summed E-state index contributed by atoms with van der Waals surface area (Å²) in [5.41, 5.74) is 0.595. The number of hydrogen-bond donors (Lipinski definition) is 1. The highest BCUT2D eigenvalue weighted by atomic mass is 35.5. The molecule has 0 radical (unpaired) electrons. The highest BCUT2D eigenvalue weighted by Gasteiger charge is 2.61. The van der Waals surface area contributed by atoms with Crippen molar-refractivity contribution in [1.82, 2.24) is 4.48 Å². The third-order valence-corrected chi connectivity index (χ3v) is 5.92. The van der Waals surface area contributed by atoms with Crippen LogP contribution in [-0.4, -0.2) is 43.0 Å². The number of benzene rings is 2. The van der Waals surface area contributed by atoms with Crippen molar-refractivity contribution in [2.75, 3.05) is 20.4 Å². The lowest BCUT2D eigenvalue weighted by Gasteiger charge is -2.47. The molecular weight excluding hydrogens is 406 g/mol. The molecule has 6 nitrogen and oxygen atoms in total. The fraction of sp³-hybridized carbons (Fsp3) is 0.304. The number of carbonyl (C=O) groups excluding carboxylic acids is 1. The fourth-order valence-corrected chi connectivity index (χ4v) is 3.99. The van der Waals surface area contributed by atoms with E-state index in [1.54, 1.807) is 24.3 Å². The quantitative estimate of drug-likeness (QED) is 0.688. The molecule has 0 fully saturated rings. The van der Waals surface area contributed by atoms with Gasteiger partial charge in [0.25, 0.3) is 0 Å². The van der Waals surface area contributed by atoms with Crippen molar-refractivity contribution in [3.8, 4) is 0 Å². The Bertz CT molecular complexity index is 1020. The maximum absolute atomic E-state index is 14.2. The summed E-state index contributed by atoms with van der Waals surface area (Å²) in [7, 11) is 1.51. The van der Waals surface area contributed by atoms with Crippen LogP contribution in [0, 0.1) is 6.92 Å². The van der Waals surface area contributed by atoms with Crippen molar-refractivity contribution in [1.29, 1.82) is 0 Å². The standard InChI is InChI=1S/C23H24ClNO5/c1-15-10-11-17(24)18(12-15)25(23(2,3)22(27)28)14-30-19(13-29-4)20(21(25)26)16-8-6-5-7-9-16/h5-12H,13-14H2,1-4H3/p+1. The topological polar surface area (TPSA) is 72.8 Å². The van der Waals surface area contributed by atoms with E-state index in [1.807, 2.05) is 31.2 Å². The largest absolute Gasteiger partial charge is 0.477 e. The highest BCUT2D eigenvalue weighted by molar-refractivity contribution is 6.35. The number of carboxylic acid groups (broad SMARTS) is 1. The van der Waals surface area contributed by atoms with Gasteiger partial charge in [-0.2, -0.15) is 4.48 Å². The van der Waals surface area contributed by atoms with Gasteiger partial charge in [-0.05, 0) is 24.1 Å². The second-order valence-electron chi connectivity index (χ2n) is 7.80. The van der Waals surface area contributed by atoms with Gasteiger partial charge in [0.1, 0.15) is 23.0 Å². The van der Waals surface area contributed by atoms with Crippen LogP contribution in [0.3, 0.4) is 0 Å². The molecule has 0 spiro atoms. The minimum absolute atomic E-state index is 0.0883. The molecule has 1 N–H and O–H groups in total. The van der Waals surface area contributed by atoms with Gasteiger partial charge in [0.05, 0.1) is 0 Å². The van der Waals surface area contributed by atoms with E-state index in [1.165, 1.54) is 21.0 Å². The Hall–Kier alpha value is -2.67. The molecule has 1 heterocycles. The average molecular weight is 431 g/mol. The van der Waals surface area contributed by atoms with Gasteiger partial charge in [-0.15, -0.1) is 0 Å². The molecule has 0 bridgehead atoms. The molecule has 3 rings (SSSR count). The Morgan fingerprint density at radius 2 is 1.90 bits per heavy atom. The maximum atomic E-state index is 14.2. The number of rotatable bonds is 6. The van der Waals surface area contributed by atoms with Crippen molar-refractivity contribution in [2.24, 2.45) is 0 Å². The fourth-order valence-electron chi connectivity index (χ4n) is 3.72. The lowest BCUT2D eigenvalue weighted by atomic mass is 9.91. The Morgan fingerprint density at radius 1 is 1.23 bits per heavy atom. The number of carboxylic acids is 1. The van der Waals surface area contributed by atoms with Gasteiger partial charge in [0, 0.05) is 27.0 Å². The predicted molar refractivity (Wildman–Crippen MR) is 116 cm³/mol. The van der Waals surface area contributed by atoms with E-state index in [0.29, 0.717) is 22.0 Å². The van der Waals surface area contributed by atoms with E-state index in [0.717, 1.165) is 5.56 Å². The average Bonchev–Trinajstić information content (AvgIpc) is 2.71. The Kier molecular flexibility index (Phi) is 6.04. The second-order valence-corrected chi connectivity index (χ2v) is 8.21. The normalized spacial score (nSPS) is 19.6. The van der Waals surface area contributed by atoms with E-state index in [9.17, 15) is 14.7 Å². The number of methoxy groups -OCH3 is 1. The van der Waals surface area contributed by atoms with Crippen LogP contribution in [0.4, 0.5) is 5.69 Å². The van der Waals surface area contributed by atoms with Crippen LogP contribution in [0.5, 0.6) is 0 Å². The highest BCUT2D eigenvalue weighted by Crippen LogP contribution is 2.45. The monoisotopic (exact) mass is 430 g/mol. The molecule has 1 atom stereocenters. The molecule has 158 valence electrons. The van der Waals surface area contributed by atoms with Crippen molar-refractivity contribution in [3.05, 3.63) is 70.4 Å². The lowest BCUT2D eigenvalue weighted by Crippen LogP contribution is -2.72. The first-order chi connectivity index (χ1) is 14.2. The third-order valence-electron chi connectivity index (χ3n) is 5.60. The molecule has 30 heavy (non-hydrogen) atoms. The van der Waals surface area contributed by atoms with E-state index in [4.69, 9.17) is 21.1 Å². The van der Waals surface area contributed by atoms with Crippen LogP contribution < -0.4 is 4.48 Å². The minimum atomic E-state index is -1.56. The first kappa shape index (κ1) is 22.0. The van der Waals surface area contributed by atoms with Gasteiger partial charge in [0.15, 0.2) is 5.69 Å². The molecule has 1 amide bonds. The molecule has 1 aliphatic rings. The first-order valence-electron chi connectivity index (χ1n) is 9.50. The van der Waals surface area contributed by atoms with Crippen LogP contribution in [0.2, 0.25) is 5.02 Å². The van der Waals surface area contributed by atoms with Crippen LogP contribution >= 0.6 is 11.6 Å². The number of quaternary nitrogens is 1. The summed E-state index contributed by atoms with van der Waals surface area (Å²) >= 11 is 6.53. The summed E-state index contributed by atoms with van der Waals surface area (Å²) in [6.07, 6.45) is 0.